The van der Waals surface area contributed by atoms with Crippen LogP contribution < -0.4 is 5.32 Å². The number of ether oxygens (including phenoxy) is 1. The van der Waals surface area contributed by atoms with Crippen LogP contribution in [-0.4, -0.2) is 40.6 Å². The summed E-state index contributed by atoms with van der Waals surface area (Å²) in [6.45, 7) is 8.64. The monoisotopic (exact) mass is 375 g/mol. The number of rotatable bonds is 2. The second kappa shape index (κ2) is 7.23. The number of aryl methyl sites for hydroxylation is 1. The summed E-state index contributed by atoms with van der Waals surface area (Å²) in [7, 11) is 0. The van der Waals surface area contributed by atoms with Crippen LogP contribution >= 0.6 is 11.3 Å². The molecule has 1 aliphatic heterocycles. The Labute approximate surface area is 157 Å². The van der Waals surface area contributed by atoms with Gasteiger partial charge in [0.1, 0.15) is 5.60 Å². The van der Waals surface area contributed by atoms with Gasteiger partial charge in [0, 0.05) is 19.0 Å². The summed E-state index contributed by atoms with van der Waals surface area (Å²) in [6.07, 6.45) is 0.960. The van der Waals surface area contributed by atoms with Crippen LogP contribution in [0.1, 0.15) is 39.2 Å². The number of thiazole rings is 1. The highest BCUT2D eigenvalue weighted by molar-refractivity contribution is 7.22. The minimum Gasteiger partial charge on any atom is -0.444 e. The minimum absolute atomic E-state index is 0.0226. The first-order valence-electron chi connectivity index (χ1n) is 8.88. The summed E-state index contributed by atoms with van der Waals surface area (Å²) in [5.74, 6) is -0.132. The average molecular weight is 375 g/mol. The molecule has 0 spiro atoms. The maximum absolute atomic E-state index is 12.6. The number of piperidine rings is 1. The van der Waals surface area contributed by atoms with Crippen molar-refractivity contribution in [1.29, 1.82) is 0 Å². The van der Waals surface area contributed by atoms with E-state index in [1.54, 1.807) is 4.90 Å². The molecular formula is C19H25N3O3S. The number of carbonyl (C=O) groups is 2. The molecule has 1 aromatic carbocycles. The number of amides is 2. The van der Waals surface area contributed by atoms with Gasteiger partial charge in [-0.1, -0.05) is 23.5 Å². The van der Waals surface area contributed by atoms with Crippen LogP contribution in [0.2, 0.25) is 0 Å². The number of likely N-dealkylation sites (tertiary alicyclic amines) is 1. The van der Waals surface area contributed by atoms with Crippen molar-refractivity contribution in [2.24, 2.45) is 5.92 Å². The van der Waals surface area contributed by atoms with Gasteiger partial charge in [-0.2, -0.15) is 0 Å². The number of hydrogen-bond acceptors (Lipinski definition) is 5. The first kappa shape index (κ1) is 18.6. The highest BCUT2D eigenvalue weighted by atomic mass is 32.1. The van der Waals surface area contributed by atoms with Crippen molar-refractivity contribution in [3.8, 4) is 0 Å². The van der Waals surface area contributed by atoms with Crippen LogP contribution in [0.3, 0.4) is 0 Å². The molecular weight excluding hydrogens is 350 g/mol. The summed E-state index contributed by atoms with van der Waals surface area (Å²) >= 11 is 1.49. The van der Waals surface area contributed by atoms with Crippen LogP contribution in [0.15, 0.2) is 18.2 Å². The molecule has 0 saturated carbocycles. The predicted octanol–water partition coefficient (Wildman–Crippen LogP) is 4.19. The average Bonchev–Trinajstić information content (AvgIpc) is 2.97. The fourth-order valence-corrected chi connectivity index (χ4v) is 3.94. The standard InChI is InChI=1S/C19H25N3O3S/c1-12-6-5-7-14-15(12)20-17(26-14)21-16(23)13-8-10-22(11-9-13)18(24)25-19(2,3)4/h5-7,13H,8-11H2,1-4H3,(H,20,21,23). The number of benzene rings is 1. The second-order valence-corrected chi connectivity index (χ2v) is 8.70. The molecule has 1 aromatic heterocycles. The summed E-state index contributed by atoms with van der Waals surface area (Å²) in [5.41, 5.74) is 1.54. The van der Waals surface area contributed by atoms with Gasteiger partial charge in [0.05, 0.1) is 10.2 Å². The fraction of sp³-hybridized carbons (Fsp3) is 0.526. The lowest BCUT2D eigenvalue weighted by atomic mass is 9.96. The van der Waals surface area contributed by atoms with Gasteiger partial charge >= 0.3 is 6.09 Å². The van der Waals surface area contributed by atoms with Crippen LogP contribution in [0.5, 0.6) is 0 Å². The van der Waals surface area contributed by atoms with Gasteiger partial charge < -0.3 is 15.0 Å². The third-order valence-corrected chi connectivity index (χ3v) is 5.30. The number of aromatic nitrogens is 1. The number of hydrogen-bond donors (Lipinski definition) is 1. The Bertz CT molecular complexity index is 817. The van der Waals surface area contributed by atoms with Crippen LogP contribution in [0, 0.1) is 12.8 Å². The van der Waals surface area contributed by atoms with E-state index >= 15 is 0 Å². The van der Waals surface area contributed by atoms with Crippen molar-refractivity contribution in [1.82, 2.24) is 9.88 Å². The molecule has 7 heteroatoms. The number of para-hydroxylation sites is 1. The summed E-state index contributed by atoms with van der Waals surface area (Å²) in [4.78, 5) is 30.9. The number of nitrogens with zero attached hydrogens (tertiary/aromatic N) is 2. The van der Waals surface area contributed by atoms with Crippen molar-refractivity contribution in [2.45, 2.75) is 46.1 Å². The van der Waals surface area contributed by atoms with Crippen molar-refractivity contribution < 1.29 is 14.3 Å². The van der Waals surface area contributed by atoms with E-state index in [9.17, 15) is 9.59 Å². The zero-order valence-corrected chi connectivity index (χ0v) is 16.5. The van der Waals surface area contributed by atoms with E-state index in [0.29, 0.717) is 31.1 Å². The lowest BCUT2D eigenvalue weighted by molar-refractivity contribution is -0.121. The number of anilines is 1. The molecule has 0 atom stereocenters. The quantitative estimate of drug-likeness (QED) is 0.854. The van der Waals surface area contributed by atoms with Crippen molar-refractivity contribution >= 4 is 38.7 Å². The van der Waals surface area contributed by atoms with E-state index in [1.807, 2.05) is 45.9 Å². The lowest BCUT2D eigenvalue weighted by Crippen LogP contribution is -2.43. The van der Waals surface area contributed by atoms with E-state index in [-0.39, 0.29) is 17.9 Å². The minimum atomic E-state index is -0.504. The third kappa shape index (κ3) is 4.33. The third-order valence-electron chi connectivity index (χ3n) is 4.37. The largest absolute Gasteiger partial charge is 0.444 e. The Morgan fingerprint density at radius 3 is 2.58 bits per heavy atom. The van der Waals surface area contributed by atoms with Gasteiger partial charge in [0.15, 0.2) is 5.13 Å². The molecule has 1 fully saturated rings. The molecule has 0 unspecified atom stereocenters. The molecule has 2 amide bonds. The highest BCUT2D eigenvalue weighted by Crippen LogP contribution is 2.29. The molecule has 3 rings (SSSR count). The molecule has 1 N–H and O–H groups in total. The SMILES string of the molecule is Cc1cccc2sc(NC(=O)C3CCN(C(=O)OC(C)(C)C)CC3)nc12. The smallest absolute Gasteiger partial charge is 0.410 e. The number of carbonyl (C=O) groups excluding carboxylic acids is 2. The Morgan fingerprint density at radius 1 is 1.27 bits per heavy atom. The Morgan fingerprint density at radius 2 is 1.96 bits per heavy atom. The molecule has 1 saturated heterocycles. The Kier molecular flexibility index (Phi) is 5.18. The van der Waals surface area contributed by atoms with E-state index in [0.717, 1.165) is 15.8 Å². The molecule has 0 aliphatic carbocycles. The normalized spacial score (nSPS) is 15.9. The van der Waals surface area contributed by atoms with Gasteiger partial charge in [-0.25, -0.2) is 9.78 Å². The topological polar surface area (TPSA) is 71.5 Å². The van der Waals surface area contributed by atoms with E-state index in [4.69, 9.17) is 4.74 Å². The predicted molar refractivity (Wildman–Crippen MR) is 104 cm³/mol. The van der Waals surface area contributed by atoms with Crippen LogP contribution in [0.25, 0.3) is 10.2 Å². The van der Waals surface area contributed by atoms with Gasteiger partial charge in [-0.3, -0.25) is 4.79 Å². The van der Waals surface area contributed by atoms with E-state index < -0.39 is 5.60 Å². The zero-order valence-electron chi connectivity index (χ0n) is 15.7. The summed E-state index contributed by atoms with van der Waals surface area (Å²) in [5, 5.41) is 3.58. The van der Waals surface area contributed by atoms with Crippen LogP contribution in [0.4, 0.5) is 9.93 Å². The molecule has 1 aliphatic rings. The van der Waals surface area contributed by atoms with Gasteiger partial charge in [-0.05, 0) is 52.2 Å². The molecule has 0 bridgehead atoms. The van der Waals surface area contributed by atoms with E-state index in [1.165, 1.54) is 11.3 Å². The molecule has 140 valence electrons. The second-order valence-electron chi connectivity index (χ2n) is 7.67. The molecule has 6 nitrogen and oxygen atoms in total. The number of nitrogens with one attached hydrogen (secondary N) is 1. The number of fused-ring (bicyclic) bond motifs is 1. The van der Waals surface area contributed by atoms with Gasteiger partial charge in [0.25, 0.3) is 0 Å². The molecule has 0 radical (unpaired) electrons. The maximum Gasteiger partial charge on any atom is 0.410 e. The van der Waals surface area contributed by atoms with Crippen molar-refractivity contribution in [2.75, 3.05) is 18.4 Å². The summed E-state index contributed by atoms with van der Waals surface area (Å²) in [6, 6.07) is 6.02. The fourth-order valence-electron chi connectivity index (χ4n) is 3.00. The van der Waals surface area contributed by atoms with Gasteiger partial charge in [-0.15, -0.1) is 0 Å². The van der Waals surface area contributed by atoms with Crippen molar-refractivity contribution in [3.05, 3.63) is 23.8 Å². The first-order chi connectivity index (χ1) is 12.2. The molecule has 2 heterocycles. The van der Waals surface area contributed by atoms with E-state index in [2.05, 4.69) is 10.3 Å². The molecule has 2 aromatic rings. The lowest BCUT2D eigenvalue weighted by Gasteiger charge is -2.32. The van der Waals surface area contributed by atoms with Gasteiger partial charge in [0.2, 0.25) is 5.91 Å². The maximum atomic E-state index is 12.6. The van der Waals surface area contributed by atoms with Crippen molar-refractivity contribution in [3.63, 3.8) is 0 Å². The summed E-state index contributed by atoms with van der Waals surface area (Å²) < 4.78 is 6.46. The molecule has 26 heavy (non-hydrogen) atoms. The Balaban J connectivity index is 1.56. The highest BCUT2D eigenvalue weighted by Gasteiger charge is 2.30. The zero-order chi connectivity index (χ0) is 18.9. The Hall–Kier alpha value is -2.15. The first-order valence-corrected chi connectivity index (χ1v) is 9.69. The van der Waals surface area contributed by atoms with Crippen LogP contribution in [-0.2, 0) is 9.53 Å².